The van der Waals surface area contributed by atoms with Crippen LogP contribution < -0.4 is 5.32 Å². The van der Waals surface area contributed by atoms with Crippen LogP contribution in [-0.4, -0.2) is 30.3 Å². The maximum absolute atomic E-state index is 12.4. The second kappa shape index (κ2) is 11.4. The second-order valence-corrected chi connectivity index (χ2v) is 6.94. The molecule has 0 saturated heterocycles. The molecule has 1 N–H and O–H groups in total. The highest BCUT2D eigenvalue weighted by Crippen LogP contribution is 2.14. The van der Waals surface area contributed by atoms with Crippen molar-refractivity contribution in [1.29, 1.82) is 0 Å². The topological polar surface area (TPSA) is 55.4 Å². The Morgan fingerprint density at radius 2 is 1.69 bits per heavy atom. The number of carbonyl (C=O) groups excluding carboxylic acids is 2. The van der Waals surface area contributed by atoms with Crippen LogP contribution in [0.25, 0.3) is 0 Å². The lowest BCUT2D eigenvalue weighted by Crippen LogP contribution is -2.43. The molecule has 1 amide bonds. The molecule has 0 aliphatic heterocycles. The molecule has 0 fully saturated rings. The smallest absolute Gasteiger partial charge is 0.329 e. The molecule has 0 heterocycles. The Morgan fingerprint density at radius 1 is 1.04 bits per heavy atom. The van der Waals surface area contributed by atoms with Gasteiger partial charge in [-0.2, -0.15) is 11.8 Å². The van der Waals surface area contributed by atoms with Crippen LogP contribution in [0.2, 0.25) is 0 Å². The molecule has 0 aromatic heterocycles. The molecular weight excluding hydrogens is 346 g/mol. The zero-order valence-corrected chi connectivity index (χ0v) is 15.8. The second-order valence-electron chi connectivity index (χ2n) is 5.91. The summed E-state index contributed by atoms with van der Waals surface area (Å²) in [5.74, 6) is 0.616. The lowest BCUT2D eigenvalue weighted by Gasteiger charge is -2.17. The highest BCUT2D eigenvalue weighted by molar-refractivity contribution is 7.98. The third-order valence-electron chi connectivity index (χ3n) is 3.76. The summed E-state index contributed by atoms with van der Waals surface area (Å²) in [7, 11) is 0. The molecule has 0 saturated carbocycles. The normalized spacial score (nSPS) is 11.6. The summed E-state index contributed by atoms with van der Waals surface area (Å²) in [6.45, 7) is 2.43. The first-order valence-electron chi connectivity index (χ1n) is 8.85. The van der Waals surface area contributed by atoms with Gasteiger partial charge < -0.3 is 10.1 Å². The van der Waals surface area contributed by atoms with E-state index in [9.17, 15) is 9.59 Å². The van der Waals surface area contributed by atoms with Crippen LogP contribution in [0.1, 0.15) is 35.7 Å². The first-order valence-corrected chi connectivity index (χ1v) is 10.0. The van der Waals surface area contributed by atoms with E-state index in [-0.39, 0.29) is 11.9 Å². The van der Waals surface area contributed by atoms with Gasteiger partial charge in [-0.25, -0.2) is 4.79 Å². The van der Waals surface area contributed by atoms with Gasteiger partial charge in [0.05, 0.1) is 6.61 Å². The largest absolute Gasteiger partial charge is 0.464 e. The van der Waals surface area contributed by atoms with Crippen LogP contribution in [0, 0.1) is 0 Å². The maximum Gasteiger partial charge on any atom is 0.329 e. The van der Waals surface area contributed by atoms with Gasteiger partial charge in [-0.05, 0) is 24.1 Å². The van der Waals surface area contributed by atoms with Crippen molar-refractivity contribution in [2.24, 2.45) is 0 Å². The van der Waals surface area contributed by atoms with E-state index in [2.05, 4.69) is 5.32 Å². The summed E-state index contributed by atoms with van der Waals surface area (Å²) in [6, 6.07) is 18.3. The van der Waals surface area contributed by atoms with Crippen molar-refractivity contribution in [3.8, 4) is 0 Å². The van der Waals surface area contributed by atoms with Crippen molar-refractivity contribution < 1.29 is 14.3 Å². The SMILES string of the molecule is CCCCOC(=O)C(CSCc1ccccc1)NC(=O)c1ccccc1. The van der Waals surface area contributed by atoms with Crippen LogP contribution in [-0.2, 0) is 15.3 Å². The Hall–Kier alpha value is -2.27. The predicted molar refractivity (Wildman–Crippen MR) is 106 cm³/mol. The van der Waals surface area contributed by atoms with Gasteiger partial charge in [0.1, 0.15) is 6.04 Å². The van der Waals surface area contributed by atoms with Gasteiger partial charge in [-0.3, -0.25) is 4.79 Å². The molecule has 2 aromatic rings. The van der Waals surface area contributed by atoms with E-state index in [0.29, 0.717) is 17.9 Å². The minimum atomic E-state index is -0.659. The van der Waals surface area contributed by atoms with Crippen LogP contribution in [0.5, 0.6) is 0 Å². The standard InChI is InChI=1S/C21H25NO3S/c1-2-3-14-25-21(24)19(16-26-15-17-10-6-4-7-11-17)22-20(23)18-12-8-5-9-13-18/h4-13,19H,2-3,14-16H2,1H3,(H,22,23). The van der Waals surface area contributed by atoms with Crippen molar-refractivity contribution in [3.63, 3.8) is 0 Å². The molecule has 4 nitrogen and oxygen atoms in total. The number of esters is 1. The number of hydrogen-bond donors (Lipinski definition) is 1. The number of nitrogens with one attached hydrogen (secondary N) is 1. The van der Waals surface area contributed by atoms with Crippen LogP contribution >= 0.6 is 11.8 Å². The molecule has 5 heteroatoms. The fourth-order valence-electron chi connectivity index (χ4n) is 2.29. The highest BCUT2D eigenvalue weighted by atomic mass is 32.2. The average Bonchev–Trinajstić information content (AvgIpc) is 2.68. The van der Waals surface area contributed by atoms with Gasteiger partial charge in [0, 0.05) is 17.1 Å². The number of ether oxygens (including phenoxy) is 1. The Balaban J connectivity index is 1.94. The van der Waals surface area contributed by atoms with Gasteiger partial charge >= 0.3 is 5.97 Å². The summed E-state index contributed by atoms with van der Waals surface area (Å²) in [5, 5.41) is 2.81. The quantitative estimate of drug-likeness (QED) is 0.505. The summed E-state index contributed by atoms with van der Waals surface area (Å²) < 4.78 is 5.32. The van der Waals surface area contributed by atoms with Crippen molar-refractivity contribution >= 4 is 23.6 Å². The average molecular weight is 372 g/mol. The Bertz CT molecular complexity index is 676. The first kappa shape index (κ1) is 20.0. The summed E-state index contributed by atoms with van der Waals surface area (Å²) in [5.41, 5.74) is 1.72. The number of rotatable bonds is 10. The number of amides is 1. The van der Waals surface area contributed by atoms with Crippen molar-refractivity contribution in [1.82, 2.24) is 5.32 Å². The Labute approximate surface area is 159 Å². The monoisotopic (exact) mass is 371 g/mol. The summed E-state index contributed by atoms with van der Waals surface area (Å²) in [6.07, 6.45) is 1.78. The van der Waals surface area contributed by atoms with Gasteiger partial charge in [0.15, 0.2) is 0 Å². The molecule has 0 aliphatic rings. The Morgan fingerprint density at radius 3 is 2.35 bits per heavy atom. The van der Waals surface area contributed by atoms with Crippen LogP contribution in [0.3, 0.4) is 0 Å². The van der Waals surface area contributed by atoms with Crippen molar-refractivity contribution in [2.45, 2.75) is 31.6 Å². The van der Waals surface area contributed by atoms with Gasteiger partial charge in [-0.1, -0.05) is 61.9 Å². The third-order valence-corrected chi connectivity index (χ3v) is 4.87. The summed E-state index contributed by atoms with van der Waals surface area (Å²) in [4.78, 5) is 24.8. The first-order chi connectivity index (χ1) is 12.7. The van der Waals surface area contributed by atoms with Crippen LogP contribution in [0.4, 0.5) is 0 Å². The van der Waals surface area contributed by atoms with E-state index in [1.807, 2.05) is 43.3 Å². The van der Waals surface area contributed by atoms with Gasteiger partial charge in [0.25, 0.3) is 5.91 Å². The number of hydrogen-bond acceptors (Lipinski definition) is 4. The van der Waals surface area contributed by atoms with E-state index in [1.54, 1.807) is 36.0 Å². The van der Waals surface area contributed by atoms with E-state index < -0.39 is 6.04 Å². The molecule has 26 heavy (non-hydrogen) atoms. The van der Waals surface area contributed by atoms with Crippen molar-refractivity contribution in [3.05, 3.63) is 71.8 Å². The Kier molecular flexibility index (Phi) is 8.76. The van der Waals surface area contributed by atoms with Gasteiger partial charge in [0.2, 0.25) is 0 Å². The molecule has 0 aliphatic carbocycles. The minimum Gasteiger partial charge on any atom is -0.464 e. The minimum absolute atomic E-state index is 0.261. The lowest BCUT2D eigenvalue weighted by molar-refractivity contribution is -0.145. The lowest BCUT2D eigenvalue weighted by atomic mass is 10.2. The zero-order chi connectivity index (χ0) is 18.6. The van der Waals surface area contributed by atoms with Crippen molar-refractivity contribution in [2.75, 3.05) is 12.4 Å². The fraction of sp³-hybridized carbons (Fsp3) is 0.333. The molecule has 0 radical (unpaired) electrons. The molecule has 2 rings (SSSR count). The van der Waals surface area contributed by atoms with E-state index in [4.69, 9.17) is 4.74 Å². The fourth-order valence-corrected chi connectivity index (χ4v) is 3.29. The molecule has 1 atom stereocenters. The summed E-state index contributed by atoms with van der Waals surface area (Å²) >= 11 is 1.60. The third kappa shape index (κ3) is 6.92. The molecule has 138 valence electrons. The number of thioether (sulfide) groups is 1. The predicted octanol–water partition coefficient (Wildman–Crippen LogP) is 4.06. The van der Waals surface area contributed by atoms with Crippen LogP contribution in [0.15, 0.2) is 60.7 Å². The molecule has 0 bridgehead atoms. The van der Waals surface area contributed by atoms with E-state index in [0.717, 1.165) is 18.6 Å². The molecule has 2 aromatic carbocycles. The highest BCUT2D eigenvalue weighted by Gasteiger charge is 2.22. The maximum atomic E-state index is 12.4. The van der Waals surface area contributed by atoms with E-state index >= 15 is 0 Å². The number of benzene rings is 2. The van der Waals surface area contributed by atoms with Gasteiger partial charge in [-0.15, -0.1) is 0 Å². The van der Waals surface area contributed by atoms with E-state index in [1.165, 1.54) is 5.56 Å². The zero-order valence-electron chi connectivity index (χ0n) is 15.0. The molecular formula is C21H25NO3S. The number of unbranched alkanes of at least 4 members (excludes halogenated alkanes) is 1. The molecule has 0 spiro atoms. The number of carbonyl (C=O) groups is 2. The molecule has 1 unspecified atom stereocenters.